The molecule has 1 N–H and O–H groups in total. The summed E-state index contributed by atoms with van der Waals surface area (Å²) in [7, 11) is 0. The van der Waals surface area contributed by atoms with Crippen molar-refractivity contribution in [3.8, 4) is 5.75 Å². The second kappa shape index (κ2) is 6.05. The molecule has 1 aliphatic rings. The number of hydrogen-bond donors (Lipinski definition) is 1. The maximum Gasteiger partial charge on any atom is 0.416 e. The molecule has 0 amide bonds. The molecule has 0 unspecified atom stereocenters. The molecule has 2 rings (SSSR count). The standard InChI is InChI=1S/C15H17F3O3/c16-15(17,18)11-5-4-6-12(9-11)21-13(19)10-14(20)7-2-1-3-8-14/h4-6,9,20H,1-3,7-8,10H2. The fourth-order valence-electron chi connectivity index (χ4n) is 2.56. The highest BCUT2D eigenvalue weighted by Gasteiger charge is 2.33. The summed E-state index contributed by atoms with van der Waals surface area (Å²) in [4.78, 5) is 11.8. The molecule has 6 heteroatoms. The average molecular weight is 302 g/mol. The predicted molar refractivity (Wildman–Crippen MR) is 69.7 cm³/mol. The summed E-state index contributed by atoms with van der Waals surface area (Å²) >= 11 is 0. The van der Waals surface area contributed by atoms with Gasteiger partial charge in [-0.1, -0.05) is 25.3 Å². The Kier molecular flexibility index (Phi) is 4.56. The third-order valence-corrected chi connectivity index (χ3v) is 3.65. The van der Waals surface area contributed by atoms with Crippen molar-refractivity contribution >= 4 is 5.97 Å². The number of carbonyl (C=O) groups is 1. The molecule has 116 valence electrons. The van der Waals surface area contributed by atoms with Gasteiger partial charge in [-0.05, 0) is 31.0 Å². The Morgan fingerprint density at radius 1 is 1.24 bits per heavy atom. The number of hydrogen-bond acceptors (Lipinski definition) is 3. The molecule has 0 aromatic heterocycles. The van der Waals surface area contributed by atoms with Gasteiger partial charge in [-0.15, -0.1) is 0 Å². The Bertz CT molecular complexity index is 505. The SMILES string of the molecule is O=C(CC1(O)CCCCC1)Oc1cccc(C(F)(F)F)c1. The van der Waals surface area contributed by atoms with Gasteiger partial charge in [0.05, 0.1) is 17.6 Å². The molecule has 0 spiro atoms. The van der Waals surface area contributed by atoms with E-state index in [4.69, 9.17) is 4.74 Å². The lowest BCUT2D eigenvalue weighted by molar-refractivity contribution is -0.142. The van der Waals surface area contributed by atoms with Gasteiger partial charge in [-0.25, -0.2) is 0 Å². The number of benzene rings is 1. The third kappa shape index (κ3) is 4.46. The summed E-state index contributed by atoms with van der Waals surface area (Å²) in [6.07, 6.45) is -0.936. The monoisotopic (exact) mass is 302 g/mol. The highest BCUT2D eigenvalue weighted by Crippen LogP contribution is 2.33. The Balaban J connectivity index is 1.99. The zero-order chi connectivity index (χ0) is 15.5. The normalized spacial score (nSPS) is 18.3. The molecule has 0 radical (unpaired) electrons. The van der Waals surface area contributed by atoms with E-state index in [1.54, 1.807) is 0 Å². The molecule has 3 nitrogen and oxygen atoms in total. The Hall–Kier alpha value is -1.56. The van der Waals surface area contributed by atoms with E-state index in [0.29, 0.717) is 12.8 Å². The summed E-state index contributed by atoms with van der Waals surface area (Å²) in [6, 6.07) is 4.16. The smallest absolute Gasteiger partial charge is 0.416 e. The number of halogens is 3. The van der Waals surface area contributed by atoms with Crippen molar-refractivity contribution in [2.24, 2.45) is 0 Å². The number of esters is 1. The predicted octanol–water partition coefficient (Wildman–Crippen LogP) is 3.70. The first kappa shape index (κ1) is 15.8. The molecule has 1 aliphatic carbocycles. The van der Waals surface area contributed by atoms with Crippen molar-refractivity contribution in [1.29, 1.82) is 0 Å². The third-order valence-electron chi connectivity index (χ3n) is 3.65. The van der Waals surface area contributed by atoms with Gasteiger partial charge in [0.15, 0.2) is 0 Å². The van der Waals surface area contributed by atoms with Gasteiger partial charge in [-0.3, -0.25) is 4.79 Å². The van der Waals surface area contributed by atoms with Crippen molar-refractivity contribution in [3.63, 3.8) is 0 Å². The van der Waals surface area contributed by atoms with Gasteiger partial charge in [0, 0.05) is 0 Å². The summed E-state index contributed by atoms with van der Waals surface area (Å²) in [6.45, 7) is 0. The van der Waals surface area contributed by atoms with Crippen LogP contribution in [0, 0.1) is 0 Å². The largest absolute Gasteiger partial charge is 0.426 e. The fraction of sp³-hybridized carbons (Fsp3) is 0.533. The Morgan fingerprint density at radius 2 is 1.90 bits per heavy atom. The molecule has 0 bridgehead atoms. The number of aliphatic hydroxyl groups is 1. The summed E-state index contributed by atoms with van der Waals surface area (Å²) in [5, 5.41) is 10.2. The van der Waals surface area contributed by atoms with E-state index in [-0.39, 0.29) is 12.2 Å². The van der Waals surface area contributed by atoms with E-state index in [2.05, 4.69) is 0 Å². The molecule has 0 aliphatic heterocycles. The summed E-state index contributed by atoms with van der Waals surface area (Å²) in [5.41, 5.74) is -1.96. The molecule has 21 heavy (non-hydrogen) atoms. The van der Waals surface area contributed by atoms with Gasteiger partial charge < -0.3 is 9.84 Å². The second-order valence-electron chi connectivity index (χ2n) is 5.46. The van der Waals surface area contributed by atoms with Crippen LogP contribution >= 0.6 is 0 Å². The zero-order valence-electron chi connectivity index (χ0n) is 11.4. The molecule has 0 heterocycles. The highest BCUT2D eigenvalue weighted by atomic mass is 19.4. The molecular formula is C15H17F3O3. The fourth-order valence-corrected chi connectivity index (χ4v) is 2.56. The minimum atomic E-state index is -4.48. The van der Waals surface area contributed by atoms with Crippen LogP contribution in [0.3, 0.4) is 0 Å². The molecule has 0 atom stereocenters. The van der Waals surface area contributed by atoms with Crippen LogP contribution in [-0.4, -0.2) is 16.7 Å². The Morgan fingerprint density at radius 3 is 2.52 bits per heavy atom. The van der Waals surface area contributed by atoms with Gasteiger partial charge in [-0.2, -0.15) is 13.2 Å². The first-order valence-corrected chi connectivity index (χ1v) is 6.89. The quantitative estimate of drug-likeness (QED) is 0.684. The summed E-state index contributed by atoms with van der Waals surface area (Å²) < 4.78 is 42.6. The maximum atomic E-state index is 12.6. The van der Waals surface area contributed by atoms with Crippen molar-refractivity contribution in [2.75, 3.05) is 0 Å². The van der Waals surface area contributed by atoms with Crippen LogP contribution in [-0.2, 0) is 11.0 Å². The zero-order valence-corrected chi connectivity index (χ0v) is 11.4. The van der Waals surface area contributed by atoms with Crippen LogP contribution in [0.25, 0.3) is 0 Å². The van der Waals surface area contributed by atoms with Crippen LogP contribution in [0.1, 0.15) is 44.1 Å². The average Bonchev–Trinajstić information content (AvgIpc) is 2.38. The minimum absolute atomic E-state index is 0.158. The lowest BCUT2D eigenvalue weighted by Gasteiger charge is -2.30. The minimum Gasteiger partial charge on any atom is -0.426 e. The molecular weight excluding hydrogens is 285 g/mol. The van der Waals surface area contributed by atoms with Crippen LogP contribution < -0.4 is 4.74 Å². The topological polar surface area (TPSA) is 46.5 Å². The van der Waals surface area contributed by atoms with E-state index in [9.17, 15) is 23.1 Å². The van der Waals surface area contributed by atoms with Crippen molar-refractivity contribution in [2.45, 2.75) is 50.3 Å². The molecule has 1 saturated carbocycles. The van der Waals surface area contributed by atoms with Gasteiger partial charge in [0.25, 0.3) is 0 Å². The lowest BCUT2D eigenvalue weighted by atomic mass is 9.82. The van der Waals surface area contributed by atoms with Crippen LogP contribution in [0.5, 0.6) is 5.75 Å². The van der Waals surface area contributed by atoms with E-state index < -0.39 is 23.3 Å². The van der Waals surface area contributed by atoms with E-state index in [1.807, 2.05) is 0 Å². The Labute approximate surface area is 120 Å². The second-order valence-corrected chi connectivity index (χ2v) is 5.46. The number of ether oxygens (including phenoxy) is 1. The molecule has 1 aromatic carbocycles. The molecule has 1 aromatic rings. The van der Waals surface area contributed by atoms with Crippen molar-refractivity contribution < 1.29 is 27.8 Å². The number of rotatable bonds is 3. The van der Waals surface area contributed by atoms with E-state index in [1.165, 1.54) is 12.1 Å². The van der Waals surface area contributed by atoms with Crippen molar-refractivity contribution in [1.82, 2.24) is 0 Å². The lowest BCUT2D eigenvalue weighted by Crippen LogP contribution is -2.35. The van der Waals surface area contributed by atoms with E-state index >= 15 is 0 Å². The van der Waals surface area contributed by atoms with Gasteiger partial charge in [0.1, 0.15) is 5.75 Å². The molecule has 1 fully saturated rings. The van der Waals surface area contributed by atoms with Gasteiger partial charge in [0.2, 0.25) is 0 Å². The summed E-state index contributed by atoms with van der Waals surface area (Å²) in [5.74, 6) is -0.868. The first-order chi connectivity index (χ1) is 9.78. The number of alkyl halides is 3. The van der Waals surface area contributed by atoms with Crippen LogP contribution in [0.15, 0.2) is 24.3 Å². The van der Waals surface area contributed by atoms with E-state index in [0.717, 1.165) is 31.4 Å². The number of carbonyl (C=O) groups excluding carboxylic acids is 1. The van der Waals surface area contributed by atoms with Gasteiger partial charge >= 0.3 is 12.1 Å². The maximum absolute atomic E-state index is 12.6. The molecule has 0 saturated heterocycles. The van der Waals surface area contributed by atoms with Crippen LogP contribution in [0.2, 0.25) is 0 Å². The highest BCUT2D eigenvalue weighted by molar-refractivity contribution is 5.73. The van der Waals surface area contributed by atoms with Crippen LogP contribution in [0.4, 0.5) is 13.2 Å². The van der Waals surface area contributed by atoms with Crippen molar-refractivity contribution in [3.05, 3.63) is 29.8 Å². The first-order valence-electron chi connectivity index (χ1n) is 6.89.